The van der Waals surface area contributed by atoms with Crippen LogP contribution >= 0.6 is 0 Å². The van der Waals surface area contributed by atoms with Crippen molar-refractivity contribution in [1.82, 2.24) is 29.3 Å². The van der Waals surface area contributed by atoms with Crippen LogP contribution in [0, 0.1) is 12.7 Å². The highest BCUT2D eigenvalue weighted by Gasteiger charge is 2.60. The maximum Gasteiger partial charge on any atom is 0.459 e. The first-order valence-corrected chi connectivity index (χ1v) is 10.1. The third-order valence-electron chi connectivity index (χ3n) is 5.56. The van der Waals surface area contributed by atoms with Gasteiger partial charge < -0.3 is 4.90 Å². The minimum atomic E-state index is -5.94. The zero-order valence-electron chi connectivity index (χ0n) is 18.6. The van der Waals surface area contributed by atoms with Crippen LogP contribution in [0.15, 0.2) is 42.6 Å². The summed E-state index contributed by atoms with van der Waals surface area (Å²) in [5.41, 5.74) is -0.970. The molecule has 0 aliphatic rings. The van der Waals surface area contributed by atoms with Gasteiger partial charge >= 0.3 is 12.1 Å². The van der Waals surface area contributed by atoms with Gasteiger partial charge in [0.1, 0.15) is 11.5 Å². The number of amides is 1. The summed E-state index contributed by atoms with van der Waals surface area (Å²) in [4.78, 5) is 18.2. The molecule has 13 heteroatoms. The molecule has 0 spiro atoms. The number of carbonyl (C=O) groups excluding carboxylic acids is 1. The topological polar surface area (TPSA) is 68.3 Å². The Hall–Kier alpha value is -3.90. The van der Waals surface area contributed by atoms with E-state index in [1.807, 2.05) is 0 Å². The zero-order chi connectivity index (χ0) is 25.7. The van der Waals surface area contributed by atoms with E-state index < -0.39 is 35.2 Å². The van der Waals surface area contributed by atoms with Gasteiger partial charge in [-0.1, -0.05) is 0 Å². The molecule has 1 aromatic carbocycles. The van der Waals surface area contributed by atoms with E-state index in [9.17, 15) is 31.1 Å². The monoisotopic (exact) mass is 496 g/mol. The number of aryl methyl sites for hydroxylation is 1. The molecule has 4 rings (SSSR count). The fraction of sp³-hybridized carbons (Fsp3) is 0.273. The third-order valence-corrected chi connectivity index (χ3v) is 5.56. The molecule has 0 unspecified atom stereocenters. The van der Waals surface area contributed by atoms with Crippen LogP contribution in [0.5, 0.6) is 0 Å². The molecule has 35 heavy (non-hydrogen) atoms. The lowest BCUT2D eigenvalue weighted by atomic mass is 10.1. The van der Waals surface area contributed by atoms with E-state index >= 15 is 0 Å². The molecule has 0 N–H and O–H groups in total. The first-order chi connectivity index (χ1) is 16.3. The van der Waals surface area contributed by atoms with Gasteiger partial charge in [-0.25, -0.2) is 13.9 Å². The second kappa shape index (κ2) is 8.40. The van der Waals surface area contributed by atoms with E-state index in [-0.39, 0.29) is 23.5 Å². The van der Waals surface area contributed by atoms with Crippen molar-refractivity contribution in [3.63, 3.8) is 0 Å². The molecule has 3 heterocycles. The van der Waals surface area contributed by atoms with Gasteiger partial charge in [0.05, 0.1) is 11.9 Å². The Labute approximate surface area is 194 Å². The molecular formula is C22H18F6N6O. The number of nitrogens with zero attached hydrogens (tertiary/aromatic N) is 6. The van der Waals surface area contributed by atoms with Crippen molar-refractivity contribution in [3.8, 4) is 11.3 Å². The van der Waals surface area contributed by atoms with Gasteiger partial charge in [0.2, 0.25) is 0 Å². The van der Waals surface area contributed by atoms with Crippen LogP contribution < -0.4 is 0 Å². The lowest BCUT2D eigenvalue weighted by molar-refractivity contribution is -0.291. The summed E-state index contributed by atoms with van der Waals surface area (Å²) in [5, 5.41) is 7.81. The van der Waals surface area contributed by atoms with E-state index in [0.29, 0.717) is 16.1 Å². The highest BCUT2D eigenvalue weighted by Crippen LogP contribution is 2.44. The molecule has 0 aliphatic carbocycles. The normalized spacial score (nSPS) is 12.4. The molecule has 3 aromatic heterocycles. The summed E-state index contributed by atoms with van der Waals surface area (Å²) >= 11 is 0. The SMILES string of the molecule is Cc1c(CN(C)C(=O)c2cc3nc(-c4ccc(F)cc4)cc(C(F)(F)C(F)(F)F)n3n2)cnn1C. The smallest absolute Gasteiger partial charge is 0.336 e. The predicted octanol–water partition coefficient (Wildman–Crippen LogP) is 4.50. The molecular weight excluding hydrogens is 478 g/mol. The molecule has 0 atom stereocenters. The van der Waals surface area contributed by atoms with Crippen molar-refractivity contribution in [1.29, 1.82) is 0 Å². The van der Waals surface area contributed by atoms with Gasteiger partial charge in [0.25, 0.3) is 5.91 Å². The van der Waals surface area contributed by atoms with Gasteiger partial charge in [-0.15, -0.1) is 0 Å². The highest BCUT2D eigenvalue weighted by atomic mass is 19.4. The van der Waals surface area contributed by atoms with Gasteiger partial charge in [-0.3, -0.25) is 9.48 Å². The summed E-state index contributed by atoms with van der Waals surface area (Å²) in [6.07, 6.45) is -4.38. The van der Waals surface area contributed by atoms with Crippen LogP contribution in [0.3, 0.4) is 0 Å². The van der Waals surface area contributed by atoms with Crippen LogP contribution in [0.25, 0.3) is 16.9 Å². The van der Waals surface area contributed by atoms with Gasteiger partial charge in [-0.05, 0) is 37.3 Å². The number of aromatic nitrogens is 5. The van der Waals surface area contributed by atoms with Crippen molar-refractivity contribution in [2.75, 3.05) is 7.05 Å². The number of alkyl halides is 5. The van der Waals surface area contributed by atoms with Crippen molar-refractivity contribution in [2.24, 2.45) is 7.05 Å². The van der Waals surface area contributed by atoms with Crippen molar-refractivity contribution >= 4 is 11.6 Å². The first kappa shape index (κ1) is 24.2. The molecule has 0 aliphatic heterocycles. The number of fused-ring (bicyclic) bond motifs is 1. The minimum absolute atomic E-state index is 0.103. The van der Waals surface area contributed by atoms with E-state index in [0.717, 1.165) is 23.9 Å². The quantitative estimate of drug-likeness (QED) is 0.382. The van der Waals surface area contributed by atoms with E-state index in [4.69, 9.17) is 0 Å². The maximum atomic E-state index is 14.5. The second-order valence-electron chi connectivity index (χ2n) is 7.95. The summed E-state index contributed by atoms with van der Waals surface area (Å²) in [6, 6.07) is 5.97. The van der Waals surface area contributed by atoms with Crippen molar-refractivity contribution < 1.29 is 31.1 Å². The summed E-state index contributed by atoms with van der Waals surface area (Å²) in [6.45, 7) is 1.89. The number of hydrogen-bond donors (Lipinski definition) is 0. The fourth-order valence-corrected chi connectivity index (χ4v) is 3.44. The van der Waals surface area contributed by atoms with Crippen LogP contribution in [0.2, 0.25) is 0 Å². The molecule has 0 radical (unpaired) electrons. The second-order valence-corrected chi connectivity index (χ2v) is 7.95. The zero-order valence-corrected chi connectivity index (χ0v) is 18.6. The van der Waals surface area contributed by atoms with E-state index in [1.54, 1.807) is 24.9 Å². The maximum absolute atomic E-state index is 14.5. The van der Waals surface area contributed by atoms with Gasteiger partial charge in [-0.2, -0.15) is 32.1 Å². The average Bonchev–Trinajstić information content (AvgIpc) is 3.36. The van der Waals surface area contributed by atoms with Gasteiger partial charge in [0, 0.05) is 43.5 Å². The minimum Gasteiger partial charge on any atom is -0.336 e. The largest absolute Gasteiger partial charge is 0.459 e. The Kier molecular flexibility index (Phi) is 5.81. The van der Waals surface area contributed by atoms with Crippen molar-refractivity contribution in [3.05, 3.63) is 71.1 Å². The van der Waals surface area contributed by atoms with E-state index in [1.165, 1.54) is 24.1 Å². The standard InChI is InChI=1S/C22H18F6N6O/c1-12-14(10-29-33(12)3)11-32(2)20(35)17-9-19-30-16(13-4-6-15(23)7-5-13)8-18(34(19)31-17)21(24,25)22(26,27)28/h4-10H,11H2,1-3H3. The number of halogens is 6. The molecule has 0 bridgehead atoms. The third kappa shape index (κ3) is 4.33. The van der Waals surface area contributed by atoms with Gasteiger partial charge in [0.15, 0.2) is 11.3 Å². The number of benzene rings is 1. The fourth-order valence-electron chi connectivity index (χ4n) is 3.44. The molecule has 1 amide bonds. The summed E-state index contributed by atoms with van der Waals surface area (Å²) < 4.78 is 83.9. The number of carbonyl (C=O) groups is 1. The molecule has 4 aromatic rings. The molecule has 0 fully saturated rings. The van der Waals surface area contributed by atoms with E-state index in [2.05, 4.69) is 15.2 Å². The van der Waals surface area contributed by atoms with Crippen LogP contribution in [0.1, 0.15) is 27.4 Å². The Balaban J connectivity index is 1.81. The first-order valence-electron chi connectivity index (χ1n) is 10.1. The Morgan fingerprint density at radius 2 is 1.74 bits per heavy atom. The highest BCUT2D eigenvalue weighted by molar-refractivity contribution is 5.93. The lowest BCUT2D eigenvalue weighted by Gasteiger charge is -2.21. The number of hydrogen-bond acceptors (Lipinski definition) is 4. The van der Waals surface area contributed by atoms with Crippen LogP contribution in [0.4, 0.5) is 26.3 Å². The van der Waals surface area contributed by atoms with Crippen molar-refractivity contribution in [2.45, 2.75) is 25.6 Å². The number of rotatable bonds is 5. The van der Waals surface area contributed by atoms with Crippen LogP contribution in [-0.2, 0) is 19.5 Å². The Morgan fingerprint density at radius 3 is 2.31 bits per heavy atom. The molecule has 7 nitrogen and oxygen atoms in total. The molecule has 0 saturated heterocycles. The van der Waals surface area contributed by atoms with Crippen LogP contribution in [-0.4, -0.2) is 48.4 Å². The molecule has 0 saturated carbocycles. The Bertz CT molecular complexity index is 1410. The molecule has 184 valence electrons. The summed E-state index contributed by atoms with van der Waals surface area (Å²) in [7, 11) is 3.15. The Morgan fingerprint density at radius 1 is 1.09 bits per heavy atom. The average molecular weight is 496 g/mol. The summed E-state index contributed by atoms with van der Waals surface area (Å²) in [5.74, 6) is -6.66. The predicted molar refractivity (Wildman–Crippen MR) is 112 cm³/mol. The lowest BCUT2D eigenvalue weighted by Crippen LogP contribution is -2.36.